The lowest BCUT2D eigenvalue weighted by atomic mass is 10.0. The molecule has 0 unspecified atom stereocenters. The first-order valence-electron chi connectivity index (χ1n) is 12.1. The lowest BCUT2D eigenvalue weighted by molar-refractivity contribution is -0.139. The Balaban J connectivity index is 1.39. The average molecular weight is 475 g/mol. The summed E-state index contributed by atoms with van der Waals surface area (Å²) in [6.45, 7) is 6.24. The quantitative estimate of drug-likeness (QED) is 0.608. The van der Waals surface area contributed by atoms with Crippen molar-refractivity contribution in [3.05, 3.63) is 71.1 Å². The Morgan fingerprint density at radius 3 is 2.54 bits per heavy atom. The zero-order valence-electron chi connectivity index (χ0n) is 20.1. The molecule has 0 bridgehead atoms. The van der Waals surface area contributed by atoms with Crippen molar-refractivity contribution in [3.8, 4) is 11.4 Å². The molecule has 2 heterocycles. The van der Waals surface area contributed by atoms with Gasteiger partial charge in [-0.1, -0.05) is 53.2 Å². The summed E-state index contributed by atoms with van der Waals surface area (Å²) in [7, 11) is 0. The third-order valence-electron chi connectivity index (χ3n) is 6.97. The molecule has 1 aliphatic heterocycles. The van der Waals surface area contributed by atoms with Gasteiger partial charge in [-0.15, -0.1) is 0 Å². The summed E-state index contributed by atoms with van der Waals surface area (Å²) in [5.41, 5.74) is 3.51. The van der Waals surface area contributed by atoms with Crippen LogP contribution in [0.5, 0.6) is 0 Å². The van der Waals surface area contributed by atoms with E-state index in [2.05, 4.69) is 15.5 Å². The molecule has 1 saturated heterocycles. The Hall–Kier alpha value is -3.52. The highest BCUT2D eigenvalue weighted by Crippen LogP contribution is 2.40. The van der Waals surface area contributed by atoms with E-state index in [9.17, 15) is 9.59 Å². The molecular weight excluding hydrogens is 444 g/mol. The molecule has 2 fully saturated rings. The number of carbonyl (C=O) groups is 2. The Morgan fingerprint density at radius 2 is 1.80 bits per heavy atom. The summed E-state index contributed by atoms with van der Waals surface area (Å²) in [6, 6.07) is 15.1. The lowest BCUT2D eigenvalue weighted by Crippen LogP contribution is -2.43. The second-order valence-corrected chi connectivity index (χ2v) is 9.43. The Kier molecular flexibility index (Phi) is 6.63. The molecule has 8 nitrogen and oxygen atoms in total. The Morgan fingerprint density at radius 1 is 1.03 bits per heavy atom. The van der Waals surface area contributed by atoms with Crippen molar-refractivity contribution < 1.29 is 18.8 Å². The first-order chi connectivity index (χ1) is 17.0. The molecule has 3 aromatic rings. The zero-order valence-corrected chi connectivity index (χ0v) is 20.1. The maximum atomic E-state index is 13.3. The number of benzene rings is 2. The van der Waals surface area contributed by atoms with Gasteiger partial charge in [0.25, 0.3) is 5.91 Å². The molecule has 1 aliphatic carbocycles. The van der Waals surface area contributed by atoms with Gasteiger partial charge in [0.1, 0.15) is 0 Å². The largest absolute Gasteiger partial charge is 0.378 e. The first-order valence-corrected chi connectivity index (χ1v) is 12.1. The van der Waals surface area contributed by atoms with Gasteiger partial charge in [-0.2, -0.15) is 4.98 Å². The van der Waals surface area contributed by atoms with Gasteiger partial charge in [0, 0.05) is 36.2 Å². The van der Waals surface area contributed by atoms with E-state index in [1.807, 2.05) is 67.3 Å². The molecule has 0 spiro atoms. The van der Waals surface area contributed by atoms with Crippen molar-refractivity contribution in [2.24, 2.45) is 5.92 Å². The van der Waals surface area contributed by atoms with Gasteiger partial charge in [0.05, 0.1) is 19.1 Å². The molecule has 0 radical (unpaired) electrons. The lowest BCUT2D eigenvalue weighted by Gasteiger charge is -2.29. The number of amides is 2. The minimum atomic E-state index is -0.290. The van der Waals surface area contributed by atoms with E-state index in [1.54, 1.807) is 0 Å². The fraction of sp³-hybridized carbons (Fsp3) is 0.407. The maximum Gasteiger partial charge on any atom is 0.251 e. The van der Waals surface area contributed by atoms with Gasteiger partial charge in [-0.3, -0.25) is 9.59 Å². The number of nitrogens with zero attached hydrogens (tertiary/aromatic N) is 3. The van der Waals surface area contributed by atoms with E-state index in [-0.39, 0.29) is 29.7 Å². The number of carbonyl (C=O) groups excluding carboxylic acids is 2. The molecular formula is C27H30N4O4. The van der Waals surface area contributed by atoms with Crippen LogP contribution in [0.25, 0.3) is 11.4 Å². The highest BCUT2D eigenvalue weighted by Gasteiger charge is 2.43. The van der Waals surface area contributed by atoms with Crippen LogP contribution in [0.15, 0.2) is 53.1 Å². The van der Waals surface area contributed by atoms with Crippen LogP contribution in [0, 0.1) is 19.8 Å². The molecule has 1 saturated carbocycles. The molecule has 2 aliphatic rings. The normalized spacial score (nSPS) is 22.2. The van der Waals surface area contributed by atoms with Crippen LogP contribution in [0.1, 0.15) is 46.1 Å². The molecule has 2 amide bonds. The van der Waals surface area contributed by atoms with Crippen LogP contribution < -0.4 is 5.32 Å². The predicted molar refractivity (Wildman–Crippen MR) is 130 cm³/mol. The van der Waals surface area contributed by atoms with E-state index in [4.69, 9.17) is 9.26 Å². The van der Waals surface area contributed by atoms with Gasteiger partial charge in [0.15, 0.2) is 0 Å². The number of ether oxygens (including phenoxy) is 1. The molecule has 2 aromatic carbocycles. The third-order valence-corrected chi connectivity index (χ3v) is 6.97. The van der Waals surface area contributed by atoms with Crippen LogP contribution in [-0.4, -0.2) is 59.2 Å². The van der Waals surface area contributed by atoms with E-state index in [1.165, 1.54) is 0 Å². The molecule has 3 atom stereocenters. The van der Waals surface area contributed by atoms with Crippen molar-refractivity contribution in [1.29, 1.82) is 0 Å². The second-order valence-electron chi connectivity index (χ2n) is 9.43. The summed E-state index contributed by atoms with van der Waals surface area (Å²) >= 11 is 0. The fourth-order valence-corrected chi connectivity index (χ4v) is 5.12. The van der Waals surface area contributed by atoms with E-state index in [0.29, 0.717) is 56.4 Å². The maximum absolute atomic E-state index is 13.3. The van der Waals surface area contributed by atoms with Gasteiger partial charge < -0.3 is 19.5 Å². The zero-order chi connectivity index (χ0) is 24.4. The molecule has 5 rings (SSSR count). The number of nitrogens with one attached hydrogen (secondary N) is 1. The monoisotopic (exact) mass is 474 g/mol. The second kappa shape index (κ2) is 10.00. The van der Waals surface area contributed by atoms with Gasteiger partial charge >= 0.3 is 0 Å². The van der Waals surface area contributed by atoms with Crippen molar-refractivity contribution in [3.63, 3.8) is 0 Å². The van der Waals surface area contributed by atoms with Crippen LogP contribution in [-0.2, 0) is 9.53 Å². The number of hydrogen-bond acceptors (Lipinski definition) is 6. The smallest absolute Gasteiger partial charge is 0.251 e. The number of aromatic nitrogens is 2. The van der Waals surface area contributed by atoms with Crippen LogP contribution in [0.4, 0.5) is 0 Å². The van der Waals surface area contributed by atoms with Crippen molar-refractivity contribution >= 4 is 11.8 Å². The number of aryl methyl sites for hydroxylation is 2. The number of morpholine rings is 1. The predicted octanol–water partition coefficient (Wildman–Crippen LogP) is 3.50. The molecule has 8 heteroatoms. The number of hydrogen-bond donors (Lipinski definition) is 1. The minimum absolute atomic E-state index is 0.101. The SMILES string of the molecule is Cc1ccc(C(=O)N[C@H]2C[C@H](C(=O)N3CCOCC3)C[C@H]2c2nc(-c3ccccc3)no2)c(C)c1. The third kappa shape index (κ3) is 4.98. The van der Waals surface area contributed by atoms with Gasteiger partial charge in [-0.25, -0.2) is 0 Å². The number of rotatable bonds is 5. The van der Waals surface area contributed by atoms with Crippen molar-refractivity contribution in [2.45, 2.75) is 38.6 Å². The Labute approximate surface area is 204 Å². The van der Waals surface area contributed by atoms with Gasteiger partial charge in [-0.05, 0) is 38.3 Å². The van der Waals surface area contributed by atoms with Crippen molar-refractivity contribution in [2.75, 3.05) is 26.3 Å². The Bertz CT molecular complexity index is 1200. The highest BCUT2D eigenvalue weighted by atomic mass is 16.5. The van der Waals surface area contributed by atoms with Crippen LogP contribution in [0.3, 0.4) is 0 Å². The average Bonchev–Trinajstić information content (AvgIpc) is 3.52. The summed E-state index contributed by atoms with van der Waals surface area (Å²) in [4.78, 5) is 33.0. The topological polar surface area (TPSA) is 97.6 Å². The standard InChI is InChI=1S/C27H30N4O4/c1-17-8-9-21(18(2)14-17)25(32)28-23-16-20(27(33)31-10-12-34-13-11-31)15-22(23)26-29-24(30-35-26)19-6-4-3-5-7-19/h3-9,14,20,22-23H,10-13,15-16H2,1-2H3,(H,28,32)/t20-,22-,23+/m1/s1. The van der Waals surface area contributed by atoms with Crippen LogP contribution in [0.2, 0.25) is 0 Å². The van der Waals surface area contributed by atoms with Crippen molar-refractivity contribution in [1.82, 2.24) is 20.4 Å². The van der Waals surface area contributed by atoms with E-state index < -0.39 is 0 Å². The summed E-state index contributed by atoms with van der Waals surface area (Å²) in [6.07, 6.45) is 1.07. The summed E-state index contributed by atoms with van der Waals surface area (Å²) in [5, 5.41) is 7.35. The summed E-state index contributed by atoms with van der Waals surface area (Å²) in [5.74, 6) is 0.429. The minimum Gasteiger partial charge on any atom is -0.378 e. The molecule has 182 valence electrons. The van der Waals surface area contributed by atoms with Crippen LogP contribution >= 0.6 is 0 Å². The van der Waals surface area contributed by atoms with E-state index >= 15 is 0 Å². The van der Waals surface area contributed by atoms with E-state index in [0.717, 1.165) is 16.7 Å². The molecule has 1 aromatic heterocycles. The highest BCUT2D eigenvalue weighted by molar-refractivity contribution is 5.96. The molecule has 1 N–H and O–H groups in total. The first kappa shape index (κ1) is 23.2. The van der Waals surface area contributed by atoms with Gasteiger partial charge in [0.2, 0.25) is 17.6 Å². The summed E-state index contributed by atoms with van der Waals surface area (Å²) < 4.78 is 11.1. The fourth-order valence-electron chi connectivity index (χ4n) is 5.12. The molecule has 35 heavy (non-hydrogen) atoms.